The summed E-state index contributed by atoms with van der Waals surface area (Å²) in [4.78, 5) is 12.3. The summed E-state index contributed by atoms with van der Waals surface area (Å²) in [6, 6.07) is -0.807. The molecule has 0 aromatic carbocycles. The molecule has 0 radical (unpaired) electrons. The van der Waals surface area contributed by atoms with E-state index >= 15 is 0 Å². The van der Waals surface area contributed by atoms with Crippen LogP contribution in [0.15, 0.2) is 12.2 Å². The monoisotopic (exact) mass is 582 g/mol. The lowest BCUT2D eigenvalue weighted by atomic mass is 9.99. The van der Waals surface area contributed by atoms with E-state index in [0.717, 1.165) is 44.9 Å². The third-order valence-electron chi connectivity index (χ3n) is 8.37. The van der Waals surface area contributed by atoms with Gasteiger partial charge in [-0.15, -0.1) is 0 Å². The van der Waals surface area contributed by atoms with Gasteiger partial charge in [0.15, 0.2) is 0 Å². The maximum Gasteiger partial charge on any atom is 0.220 e. The first kappa shape index (κ1) is 40.1. The second kappa shape index (κ2) is 32.0. The Hall–Kier alpha value is -0.910. The highest BCUT2D eigenvalue weighted by atomic mass is 16.3. The molecule has 0 heterocycles. The Morgan fingerprint density at radius 1 is 0.585 bits per heavy atom. The van der Waals surface area contributed by atoms with Gasteiger partial charge in [-0.3, -0.25) is 4.79 Å². The first-order chi connectivity index (χ1) is 20.1. The fourth-order valence-corrected chi connectivity index (χ4v) is 5.49. The maximum atomic E-state index is 12.3. The number of hydrogen-bond acceptors (Lipinski definition) is 4. The molecule has 0 aliphatic heterocycles. The average molecular weight is 582 g/mol. The third kappa shape index (κ3) is 27.7. The molecule has 1 amide bonds. The zero-order chi connectivity index (χ0) is 30.2. The molecule has 5 nitrogen and oxygen atoms in total. The van der Waals surface area contributed by atoms with E-state index in [4.69, 9.17) is 0 Å². The summed E-state index contributed by atoms with van der Waals surface area (Å²) >= 11 is 0. The summed E-state index contributed by atoms with van der Waals surface area (Å²) in [5.74, 6) is -0.156. The maximum absolute atomic E-state index is 12.3. The molecule has 0 saturated carbocycles. The summed E-state index contributed by atoms with van der Waals surface area (Å²) < 4.78 is 0. The largest absolute Gasteiger partial charge is 0.394 e. The van der Waals surface area contributed by atoms with Gasteiger partial charge in [0.1, 0.15) is 6.10 Å². The highest BCUT2D eigenvalue weighted by Crippen LogP contribution is 2.16. The van der Waals surface area contributed by atoms with Crippen molar-refractivity contribution >= 4 is 5.91 Å². The molecule has 0 spiro atoms. The number of rotatable bonds is 32. The van der Waals surface area contributed by atoms with E-state index in [-0.39, 0.29) is 12.5 Å². The van der Waals surface area contributed by atoms with Crippen LogP contribution in [0.1, 0.15) is 187 Å². The van der Waals surface area contributed by atoms with Crippen molar-refractivity contribution in [2.24, 2.45) is 0 Å². The molecule has 3 atom stereocenters. The molecule has 0 saturated heterocycles. The predicted octanol–water partition coefficient (Wildman–Crippen LogP) is 9.31. The Balaban J connectivity index is 3.68. The molecular weight excluding hydrogens is 510 g/mol. The smallest absolute Gasteiger partial charge is 0.220 e. The van der Waals surface area contributed by atoms with Gasteiger partial charge in [0, 0.05) is 6.42 Å². The summed E-state index contributed by atoms with van der Waals surface area (Å²) in [6.07, 6.45) is 34.4. The molecule has 4 N–H and O–H groups in total. The van der Waals surface area contributed by atoms with Crippen LogP contribution in [-0.2, 0) is 4.79 Å². The minimum absolute atomic E-state index is 0.156. The standard InChI is InChI=1S/C36H71NO4/c1-3-5-7-9-11-13-15-16-17-18-19-21-22-24-26-28-30-34(39)36(41)33(32-38)37-35(40)31-29-27-25-23-20-14-12-10-8-6-4-2/h10,12,33-34,36,38-39,41H,3-9,11,13-32H2,1-2H3,(H,37,40)/b12-10-. The number of allylic oxidation sites excluding steroid dienone is 2. The normalized spacial score (nSPS) is 14.0. The molecule has 41 heavy (non-hydrogen) atoms. The van der Waals surface area contributed by atoms with Crippen LogP contribution in [0.25, 0.3) is 0 Å². The van der Waals surface area contributed by atoms with Gasteiger partial charge in [0.25, 0.3) is 0 Å². The molecule has 244 valence electrons. The molecule has 0 bridgehead atoms. The lowest BCUT2D eigenvalue weighted by molar-refractivity contribution is -0.124. The van der Waals surface area contributed by atoms with E-state index in [0.29, 0.717) is 12.8 Å². The fourth-order valence-electron chi connectivity index (χ4n) is 5.49. The van der Waals surface area contributed by atoms with Crippen molar-refractivity contribution in [1.82, 2.24) is 5.32 Å². The second-order valence-electron chi connectivity index (χ2n) is 12.4. The SMILES string of the molecule is CCCC/C=C\CCCCCCCC(=O)NC(CO)C(O)C(O)CCCCCCCCCCCCCCCCCC. The van der Waals surface area contributed by atoms with Crippen molar-refractivity contribution in [3.63, 3.8) is 0 Å². The minimum atomic E-state index is -1.13. The Labute approximate surface area is 255 Å². The molecule has 0 aromatic heterocycles. The number of unbranched alkanes of at least 4 members (excludes halogenated alkanes) is 22. The number of hydrogen-bond donors (Lipinski definition) is 4. The molecule has 0 fully saturated rings. The molecule has 0 aromatic rings. The van der Waals surface area contributed by atoms with Gasteiger partial charge in [-0.05, 0) is 32.1 Å². The molecular formula is C36H71NO4. The second-order valence-corrected chi connectivity index (χ2v) is 12.4. The Bertz CT molecular complexity index is 568. The number of carbonyl (C=O) groups is 1. The van der Waals surface area contributed by atoms with Crippen molar-refractivity contribution in [3.8, 4) is 0 Å². The highest BCUT2D eigenvalue weighted by Gasteiger charge is 2.26. The first-order valence-corrected chi connectivity index (χ1v) is 18.0. The van der Waals surface area contributed by atoms with Crippen molar-refractivity contribution in [3.05, 3.63) is 12.2 Å². The Morgan fingerprint density at radius 3 is 1.49 bits per heavy atom. The quantitative estimate of drug-likeness (QED) is 0.0471. The molecule has 0 aliphatic carbocycles. The predicted molar refractivity (Wildman–Crippen MR) is 176 cm³/mol. The van der Waals surface area contributed by atoms with Gasteiger partial charge in [-0.25, -0.2) is 0 Å². The van der Waals surface area contributed by atoms with E-state index in [9.17, 15) is 20.1 Å². The van der Waals surface area contributed by atoms with Crippen LogP contribution in [0.4, 0.5) is 0 Å². The van der Waals surface area contributed by atoms with Crippen LogP contribution in [0.2, 0.25) is 0 Å². The van der Waals surface area contributed by atoms with Gasteiger partial charge in [0.05, 0.1) is 18.8 Å². The van der Waals surface area contributed by atoms with E-state index in [1.807, 2.05) is 0 Å². The van der Waals surface area contributed by atoms with Crippen LogP contribution in [0.5, 0.6) is 0 Å². The van der Waals surface area contributed by atoms with Crippen molar-refractivity contribution in [1.29, 1.82) is 0 Å². The number of amides is 1. The van der Waals surface area contributed by atoms with Crippen LogP contribution in [0.3, 0.4) is 0 Å². The number of aliphatic hydroxyl groups excluding tert-OH is 3. The third-order valence-corrected chi connectivity index (χ3v) is 8.37. The summed E-state index contributed by atoms with van der Waals surface area (Å²) in [5.41, 5.74) is 0. The highest BCUT2D eigenvalue weighted by molar-refractivity contribution is 5.76. The fraction of sp³-hybridized carbons (Fsp3) is 0.917. The summed E-state index contributed by atoms with van der Waals surface area (Å²) in [7, 11) is 0. The molecule has 5 heteroatoms. The lowest BCUT2D eigenvalue weighted by Crippen LogP contribution is -2.50. The molecule has 0 aliphatic rings. The number of carbonyl (C=O) groups excluding carboxylic acids is 1. The van der Waals surface area contributed by atoms with Gasteiger partial charge in [-0.2, -0.15) is 0 Å². The average Bonchev–Trinajstić information content (AvgIpc) is 2.97. The Kier molecular flexibility index (Phi) is 31.3. The number of nitrogens with one attached hydrogen (secondary N) is 1. The van der Waals surface area contributed by atoms with E-state index in [1.54, 1.807) is 0 Å². The lowest BCUT2D eigenvalue weighted by Gasteiger charge is -2.26. The molecule has 0 rings (SSSR count). The summed E-state index contributed by atoms with van der Waals surface area (Å²) in [5, 5.41) is 33.3. The van der Waals surface area contributed by atoms with E-state index < -0.39 is 18.2 Å². The van der Waals surface area contributed by atoms with Gasteiger partial charge in [-0.1, -0.05) is 161 Å². The van der Waals surface area contributed by atoms with Gasteiger partial charge < -0.3 is 20.6 Å². The van der Waals surface area contributed by atoms with E-state index in [2.05, 4.69) is 31.3 Å². The van der Waals surface area contributed by atoms with E-state index in [1.165, 1.54) is 116 Å². The van der Waals surface area contributed by atoms with Crippen molar-refractivity contribution in [2.75, 3.05) is 6.61 Å². The first-order valence-electron chi connectivity index (χ1n) is 18.0. The van der Waals surface area contributed by atoms with Crippen molar-refractivity contribution in [2.45, 2.75) is 205 Å². The Morgan fingerprint density at radius 2 is 1.00 bits per heavy atom. The topological polar surface area (TPSA) is 89.8 Å². The summed E-state index contributed by atoms with van der Waals surface area (Å²) in [6.45, 7) is 4.12. The van der Waals surface area contributed by atoms with Gasteiger partial charge >= 0.3 is 0 Å². The zero-order valence-corrected chi connectivity index (χ0v) is 27.4. The van der Waals surface area contributed by atoms with Crippen LogP contribution >= 0.6 is 0 Å². The molecule has 3 unspecified atom stereocenters. The van der Waals surface area contributed by atoms with Gasteiger partial charge in [0.2, 0.25) is 5.91 Å². The number of aliphatic hydroxyl groups is 3. The van der Waals surface area contributed by atoms with Crippen LogP contribution in [-0.4, -0.2) is 46.1 Å². The minimum Gasteiger partial charge on any atom is -0.394 e. The zero-order valence-electron chi connectivity index (χ0n) is 27.4. The van der Waals surface area contributed by atoms with Crippen molar-refractivity contribution < 1.29 is 20.1 Å². The van der Waals surface area contributed by atoms with Crippen LogP contribution in [0, 0.1) is 0 Å². The van der Waals surface area contributed by atoms with Crippen LogP contribution < -0.4 is 5.32 Å².